The fourth-order valence-electron chi connectivity index (χ4n) is 1.45. The third-order valence-corrected chi connectivity index (χ3v) is 2.58. The van der Waals surface area contributed by atoms with Gasteiger partial charge in [-0.3, -0.25) is 19.7 Å². The van der Waals surface area contributed by atoms with Crippen LogP contribution in [0.2, 0.25) is 0 Å². The first kappa shape index (κ1) is 14.4. The fourth-order valence-corrected chi connectivity index (χ4v) is 1.45. The van der Waals surface area contributed by atoms with E-state index in [0.717, 1.165) is 0 Å². The molecule has 1 unspecified atom stereocenters. The van der Waals surface area contributed by atoms with Crippen molar-refractivity contribution < 1.29 is 14.4 Å². The van der Waals surface area contributed by atoms with Crippen molar-refractivity contribution in [3.63, 3.8) is 0 Å². The number of carbonyl (C=O) groups is 3. The first-order valence-electron chi connectivity index (χ1n) is 6.06. The molecule has 102 valence electrons. The minimum atomic E-state index is -0.400. The van der Waals surface area contributed by atoms with E-state index >= 15 is 0 Å². The monoisotopic (exact) mass is 256 g/mol. The van der Waals surface area contributed by atoms with Crippen molar-refractivity contribution in [1.29, 1.82) is 0 Å². The van der Waals surface area contributed by atoms with Gasteiger partial charge in [-0.2, -0.15) is 0 Å². The molecule has 0 aliphatic carbocycles. The molecule has 18 heavy (non-hydrogen) atoms. The van der Waals surface area contributed by atoms with Crippen LogP contribution in [-0.2, 0) is 14.4 Å². The van der Waals surface area contributed by atoms with Gasteiger partial charge in [-0.1, -0.05) is 13.8 Å². The highest BCUT2D eigenvalue weighted by atomic mass is 16.2. The number of rotatable bonds is 5. The van der Waals surface area contributed by atoms with Gasteiger partial charge in [0.15, 0.2) is 0 Å². The molecule has 1 fully saturated rings. The Morgan fingerprint density at radius 1 is 1.33 bits per heavy atom. The number of hydrogen-bond acceptors (Lipinski definition) is 4. The van der Waals surface area contributed by atoms with Crippen LogP contribution in [-0.4, -0.2) is 49.9 Å². The molecule has 7 heteroatoms. The maximum absolute atomic E-state index is 11.6. The van der Waals surface area contributed by atoms with Gasteiger partial charge >= 0.3 is 0 Å². The molecule has 0 radical (unpaired) electrons. The molecule has 0 aromatic rings. The Balaban J connectivity index is 2.14. The second-order valence-corrected chi connectivity index (χ2v) is 4.47. The standard InChI is InChI=1S/C11H20N4O3/c1-7(2)10(17)12-3-4-13-11(18)8-5-15-9(16)6-14-8/h7-8,14H,3-6H2,1-2H3,(H,12,17)(H,13,18)(H,15,16). The van der Waals surface area contributed by atoms with E-state index in [1.807, 2.05) is 13.8 Å². The summed E-state index contributed by atoms with van der Waals surface area (Å²) < 4.78 is 0. The Bertz CT molecular complexity index is 320. The van der Waals surface area contributed by atoms with Crippen LogP contribution >= 0.6 is 0 Å². The third kappa shape index (κ3) is 4.70. The van der Waals surface area contributed by atoms with Crippen molar-refractivity contribution in [2.75, 3.05) is 26.2 Å². The van der Waals surface area contributed by atoms with E-state index in [-0.39, 0.29) is 30.2 Å². The minimum absolute atomic E-state index is 0.0349. The van der Waals surface area contributed by atoms with Crippen LogP contribution in [0.4, 0.5) is 0 Å². The zero-order chi connectivity index (χ0) is 13.5. The zero-order valence-corrected chi connectivity index (χ0v) is 10.7. The minimum Gasteiger partial charge on any atom is -0.354 e. The van der Waals surface area contributed by atoms with E-state index in [4.69, 9.17) is 0 Å². The van der Waals surface area contributed by atoms with Crippen LogP contribution in [0, 0.1) is 5.92 Å². The molecule has 0 saturated carbocycles. The van der Waals surface area contributed by atoms with Crippen LogP contribution in [0.3, 0.4) is 0 Å². The normalized spacial score (nSPS) is 19.3. The lowest BCUT2D eigenvalue weighted by Gasteiger charge is -2.23. The van der Waals surface area contributed by atoms with Crippen LogP contribution in [0.25, 0.3) is 0 Å². The molecule has 1 atom stereocenters. The molecule has 3 amide bonds. The van der Waals surface area contributed by atoms with Crippen molar-refractivity contribution in [3.05, 3.63) is 0 Å². The maximum Gasteiger partial charge on any atom is 0.239 e. The van der Waals surface area contributed by atoms with Crippen LogP contribution in [0.1, 0.15) is 13.8 Å². The van der Waals surface area contributed by atoms with Crippen molar-refractivity contribution in [2.45, 2.75) is 19.9 Å². The molecule has 1 aliphatic rings. The van der Waals surface area contributed by atoms with Crippen LogP contribution in [0.15, 0.2) is 0 Å². The Kier molecular flexibility index (Phi) is 5.57. The summed E-state index contributed by atoms with van der Waals surface area (Å²) in [6.45, 7) is 4.85. The molecule has 1 aliphatic heterocycles. The molecule has 0 bridgehead atoms. The van der Waals surface area contributed by atoms with E-state index in [2.05, 4.69) is 21.3 Å². The first-order valence-corrected chi connectivity index (χ1v) is 6.06. The van der Waals surface area contributed by atoms with E-state index in [1.165, 1.54) is 0 Å². The number of piperazine rings is 1. The van der Waals surface area contributed by atoms with Gasteiger partial charge in [0.05, 0.1) is 6.54 Å². The highest BCUT2D eigenvalue weighted by Gasteiger charge is 2.23. The largest absolute Gasteiger partial charge is 0.354 e. The Morgan fingerprint density at radius 2 is 2.00 bits per heavy atom. The number of carbonyl (C=O) groups excluding carboxylic acids is 3. The molecular weight excluding hydrogens is 236 g/mol. The summed E-state index contributed by atoms with van der Waals surface area (Å²) in [5.74, 6) is -0.375. The second kappa shape index (κ2) is 6.95. The lowest BCUT2D eigenvalue weighted by molar-refractivity contribution is -0.127. The molecule has 1 rings (SSSR count). The predicted octanol–water partition coefficient (Wildman–Crippen LogP) is -2.04. The Labute approximate surface area is 106 Å². The van der Waals surface area contributed by atoms with E-state index in [9.17, 15) is 14.4 Å². The molecule has 4 N–H and O–H groups in total. The van der Waals surface area contributed by atoms with Gasteiger partial charge < -0.3 is 16.0 Å². The second-order valence-electron chi connectivity index (χ2n) is 4.47. The maximum atomic E-state index is 11.6. The summed E-state index contributed by atoms with van der Waals surface area (Å²) in [4.78, 5) is 33.8. The van der Waals surface area contributed by atoms with Gasteiger partial charge in [0.2, 0.25) is 17.7 Å². The summed E-state index contributed by atoms with van der Waals surface area (Å²) in [6, 6.07) is -0.400. The van der Waals surface area contributed by atoms with Gasteiger partial charge in [0.25, 0.3) is 0 Å². The Morgan fingerprint density at radius 3 is 2.56 bits per heavy atom. The van der Waals surface area contributed by atoms with Gasteiger partial charge in [-0.25, -0.2) is 0 Å². The predicted molar refractivity (Wildman–Crippen MR) is 65.7 cm³/mol. The fraction of sp³-hybridized carbons (Fsp3) is 0.727. The molecular formula is C11H20N4O3. The van der Waals surface area contributed by atoms with E-state index in [0.29, 0.717) is 19.6 Å². The smallest absolute Gasteiger partial charge is 0.239 e. The van der Waals surface area contributed by atoms with Gasteiger partial charge in [-0.15, -0.1) is 0 Å². The number of amides is 3. The van der Waals surface area contributed by atoms with Crippen molar-refractivity contribution in [1.82, 2.24) is 21.3 Å². The highest BCUT2D eigenvalue weighted by Crippen LogP contribution is 1.90. The summed E-state index contributed by atoms with van der Waals surface area (Å²) in [7, 11) is 0. The van der Waals surface area contributed by atoms with Crippen molar-refractivity contribution in [3.8, 4) is 0 Å². The zero-order valence-electron chi connectivity index (χ0n) is 10.7. The summed E-state index contributed by atoms with van der Waals surface area (Å²) >= 11 is 0. The van der Waals surface area contributed by atoms with Crippen LogP contribution < -0.4 is 21.3 Å². The van der Waals surface area contributed by atoms with Gasteiger partial charge in [0, 0.05) is 25.6 Å². The SMILES string of the molecule is CC(C)C(=O)NCCNC(=O)C1CNC(=O)CN1. The average molecular weight is 256 g/mol. The first-order chi connectivity index (χ1) is 8.50. The average Bonchev–Trinajstić information content (AvgIpc) is 2.34. The van der Waals surface area contributed by atoms with E-state index < -0.39 is 6.04 Å². The highest BCUT2D eigenvalue weighted by molar-refractivity contribution is 5.86. The van der Waals surface area contributed by atoms with Gasteiger partial charge in [0.1, 0.15) is 6.04 Å². The van der Waals surface area contributed by atoms with Crippen molar-refractivity contribution in [2.24, 2.45) is 5.92 Å². The number of nitrogens with one attached hydrogen (secondary N) is 4. The quantitative estimate of drug-likeness (QED) is 0.426. The molecule has 1 heterocycles. The number of hydrogen-bond donors (Lipinski definition) is 4. The molecule has 0 spiro atoms. The topological polar surface area (TPSA) is 99.3 Å². The third-order valence-electron chi connectivity index (χ3n) is 2.58. The molecule has 7 nitrogen and oxygen atoms in total. The van der Waals surface area contributed by atoms with Crippen LogP contribution in [0.5, 0.6) is 0 Å². The van der Waals surface area contributed by atoms with E-state index in [1.54, 1.807) is 0 Å². The Hall–Kier alpha value is -1.63. The van der Waals surface area contributed by atoms with Gasteiger partial charge in [-0.05, 0) is 0 Å². The van der Waals surface area contributed by atoms with Crippen molar-refractivity contribution >= 4 is 17.7 Å². The summed E-state index contributed by atoms with van der Waals surface area (Å²) in [6.07, 6.45) is 0. The molecule has 1 saturated heterocycles. The summed E-state index contributed by atoms with van der Waals surface area (Å²) in [5, 5.41) is 10.8. The lowest BCUT2D eigenvalue weighted by atomic mass is 10.2. The molecule has 0 aromatic heterocycles. The molecule has 0 aromatic carbocycles. The lowest BCUT2D eigenvalue weighted by Crippen LogP contribution is -2.58. The summed E-state index contributed by atoms with van der Waals surface area (Å²) in [5.41, 5.74) is 0.